The topological polar surface area (TPSA) is 55.6 Å². The van der Waals surface area contributed by atoms with E-state index in [2.05, 4.69) is 6.92 Å². The third-order valence-electron chi connectivity index (χ3n) is 3.57. The van der Waals surface area contributed by atoms with Gasteiger partial charge in [0.2, 0.25) is 5.91 Å². The zero-order valence-corrected chi connectivity index (χ0v) is 11.4. The number of ether oxygens (including phenoxy) is 1. The summed E-state index contributed by atoms with van der Waals surface area (Å²) in [7, 11) is 0. The van der Waals surface area contributed by atoms with Crippen LogP contribution >= 0.6 is 0 Å². The molecule has 104 valence electrons. The van der Waals surface area contributed by atoms with Crippen molar-refractivity contribution in [3.05, 3.63) is 35.9 Å². The molecule has 1 aromatic rings. The molecule has 1 amide bonds. The van der Waals surface area contributed by atoms with Gasteiger partial charge in [0.1, 0.15) is 0 Å². The molecule has 1 heterocycles. The molecule has 1 fully saturated rings. The van der Waals surface area contributed by atoms with Gasteiger partial charge in [-0.1, -0.05) is 37.3 Å². The molecular formula is C15H22N2O2. The first kappa shape index (κ1) is 14.0. The molecule has 0 radical (unpaired) electrons. The quantitative estimate of drug-likeness (QED) is 0.898. The van der Waals surface area contributed by atoms with Crippen molar-refractivity contribution < 1.29 is 9.53 Å². The Balaban J connectivity index is 1.90. The second kappa shape index (κ2) is 6.68. The molecule has 1 aliphatic heterocycles. The highest BCUT2D eigenvalue weighted by Gasteiger charge is 2.24. The molecule has 0 bridgehead atoms. The Morgan fingerprint density at radius 1 is 1.47 bits per heavy atom. The van der Waals surface area contributed by atoms with Crippen LogP contribution in [0.3, 0.4) is 0 Å². The van der Waals surface area contributed by atoms with Crippen molar-refractivity contribution in [3.8, 4) is 0 Å². The van der Waals surface area contributed by atoms with Gasteiger partial charge in [0.15, 0.2) is 0 Å². The largest absolute Gasteiger partial charge is 0.375 e. The van der Waals surface area contributed by atoms with Gasteiger partial charge in [-0.15, -0.1) is 0 Å². The molecule has 4 nitrogen and oxygen atoms in total. The Morgan fingerprint density at radius 3 is 2.89 bits per heavy atom. The van der Waals surface area contributed by atoms with Crippen LogP contribution in [-0.4, -0.2) is 36.6 Å². The summed E-state index contributed by atoms with van der Waals surface area (Å²) in [4.78, 5) is 14.1. The van der Waals surface area contributed by atoms with Gasteiger partial charge in [-0.05, 0) is 12.0 Å². The standard InChI is InChI=1S/C15H22N2O2/c1-2-13-11-17(8-9-19-13)15(18)10-14(16)12-6-4-3-5-7-12/h3-7,13-14H,2,8-11,16H2,1H3. The van der Waals surface area contributed by atoms with Crippen molar-refractivity contribution in [1.29, 1.82) is 0 Å². The van der Waals surface area contributed by atoms with Gasteiger partial charge in [0.25, 0.3) is 0 Å². The number of hydrogen-bond donors (Lipinski definition) is 1. The van der Waals surface area contributed by atoms with Gasteiger partial charge in [-0.25, -0.2) is 0 Å². The summed E-state index contributed by atoms with van der Waals surface area (Å²) < 4.78 is 5.57. The van der Waals surface area contributed by atoms with Crippen LogP contribution in [0.4, 0.5) is 0 Å². The first-order valence-electron chi connectivity index (χ1n) is 6.90. The number of amides is 1. The minimum atomic E-state index is -0.225. The van der Waals surface area contributed by atoms with Gasteiger partial charge in [0.05, 0.1) is 12.7 Å². The van der Waals surface area contributed by atoms with E-state index < -0.39 is 0 Å². The van der Waals surface area contributed by atoms with Crippen molar-refractivity contribution in [2.24, 2.45) is 5.73 Å². The lowest BCUT2D eigenvalue weighted by molar-refractivity contribution is -0.139. The van der Waals surface area contributed by atoms with Crippen molar-refractivity contribution in [3.63, 3.8) is 0 Å². The molecule has 0 aromatic heterocycles. The molecule has 2 unspecified atom stereocenters. The maximum atomic E-state index is 12.2. The fourth-order valence-corrected chi connectivity index (χ4v) is 2.33. The smallest absolute Gasteiger partial charge is 0.224 e. The Hall–Kier alpha value is -1.39. The number of carbonyl (C=O) groups is 1. The third-order valence-corrected chi connectivity index (χ3v) is 3.57. The van der Waals surface area contributed by atoms with E-state index in [-0.39, 0.29) is 18.1 Å². The fraction of sp³-hybridized carbons (Fsp3) is 0.533. The van der Waals surface area contributed by atoms with Crippen LogP contribution in [0.2, 0.25) is 0 Å². The second-order valence-electron chi connectivity index (χ2n) is 4.96. The van der Waals surface area contributed by atoms with Gasteiger partial charge in [-0.2, -0.15) is 0 Å². The van der Waals surface area contributed by atoms with E-state index in [0.29, 0.717) is 26.1 Å². The maximum absolute atomic E-state index is 12.2. The minimum Gasteiger partial charge on any atom is -0.375 e. The van der Waals surface area contributed by atoms with Crippen LogP contribution in [0.5, 0.6) is 0 Å². The Bertz CT molecular complexity index is 408. The highest BCUT2D eigenvalue weighted by Crippen LogP contribution is 2.16. The van der Waals surface area contributed by atoms with Crippen LogP contribution in [-0.2, 0) is 9.53 Å². The lowest BCUT2D eigenvalue weighted by Gasteiger charge is -2.33. The number of morpholine rings is 1. The Labute approximate surface area is 114 Å². The zero-order valence-electron chi connectivity index (χ0n) is 11.4. The molecule has 1 aliphatic rings. The second-order valence-corrected chi connectivity index (χ2v) is 4.96. The number of carbonyl (C=O) groups excluding carboxylic acids is 1. The number of benzene rings is 1. The lowest BCUT2D eigenvalue weighted by atomic mass is 10.0. The van der Waals surface area contributed by atoms with E-state index in [1.165, 1.54) is 0 Å². The predicted octanol–water partition coefficient (Wildman–Crippen LogP) is 1.71. The highest BCUT2D eigenvalue weighted by molar-refractivity contribution is 5.77. The van der Waals surface area contributed by atoms with Crippen molar-refractivity contribution in [2.75, 3.05) is 19.7 Å². The minimum absolute atomic E-state index is 0.123. The summed E-state index contributed by atoms with van der Waals surface area (Å²) in [5.41, 5.74) is 7.10. The molecule has 2 rings (SSSR count). The number of hydrogen-bond acceptors (Lipinski definition) is 3. The first-order chi connectivity index (χ1) is 9.20. The molecule has 0 aliphatic carbocycles. The average molecular weight is 262 g/mol. The van der Waals surface area contributed by atoms with E-state index >= 15 is 0 Å². The molecule has 0 spiro atoms. The van der Waals surface area contributed by atoms with Crippen molar-refractivity contribution in [1.82, 2.24) is 4.90 Å². The summed E-state index contributed by atoms with van der Waals surface area (Å²) in [6.45, 7) is 4.08. The summed E-state index contributed by atoms with van der Waals surface area (Å²) in [5.74, 6) is 0.123. The summed E-state index contributed by atoms with van der Waals surface area (Å²) in [6.07, 6.45) is 1.47. The molecule has 0 saturated carbocycles. The van der Waals surface area contributed by atoms with Gasteiger partial charge in [0, 0.05) is 25.6 Å². The van der Waals surface area contributed by atoms with E-state index in [4.69, 9.17) is 10.5 Å². The number of nitrogens with two attached hydrogens (primary N) is 1. The Kier molecular flexibility index (Phi) is 4.93. The molecule has 4 heteroatoms. The van der Waals surface area contributed by atoms with Gasteiger partial charge in [-0.3, -0.25) is 4.79 Å². The summed E-state index contributed by atoms with van der Waals surface area (Å²) in [5, 5.41) is 0. The van der Waals surface area contributed by atoms with E-state index in [1.54, 1.807) is 0 Å². The zero-order chi connectivity index (χ0) is 13.7. The van der Waals surface area contributed by atoms with Crippen LogP contribution in [0.15, 0.2) is 30.3 Å². The molecule has 2 N–H and O–H groups in total. The van der Waals surface area contributed by atoms with Crippen LogP contribution in [0, 0.1) is 0 Å². The Morgan fingerprint density at radius 2 is 2.21 bits per heavy atom. The van der Waals surface area contributed by atoms with Crippen molar-refractivity contribution in [2.45, 2.75) is 31.9 Å². The monoisotopic (exact) mass is 262 g/mol. The van der Waals surface area contributed by atoms with Crippen LogP contribution in [0.1, 0.15) is 31.4 Å². The summed E-state index contributed by atoms with van der Waals surface area (Å²) >= 11 is 0. The van der Waals surface area contributed by atoms with Crippen molar-refractivity contribution >= 4 is 5.91 Å². The first-order valence-corrected chi connectivity index (χ1v) is 6.90. The normalized spacial score (nSPS) is 21.2. The molecule has 2 atom stereocenters. The maximum Gasteiger partial charge on any atom is 0.224 e. The predicted molar refractivity (Wildman–Crippen MR) is 74.6 cm³/mol. The van der Waals surface area contributed by atoms with Gasteiger partial charge >= 0.3 is 0 Å². The third kappa shape index (κ3) is 3.78. The summed E-state index contributed by atoms with van der Waals surface area (Å²) in [6, 6.07) is 9.55. The SMILES string of the molecule is CCC1CN(C(=O)CC(N)c2ccccc2)CCO1. The molecule has 1 saturated heterocycles. The number of nitrogens with zero attached hydrogens (tertiary/aromatic N) is 1. The number of rotatable bonds is 4. The molecule has 19 heavy (non-hydrogen) atoms. The van der Waals surface area contributed by atoms with E-state index in [9.17, 15) is 4.79 Å². The van der Waals surface area contributed by atoms with E-state index in [1.807, 2.05) is 35.2 Å². The van der Waals surface area contributed by atoms with E-state index in [0.717, 1.165) is 12.0 Å². The van der Waals surface area contributed by atoms with Gasteiger partial charge < -0.3 is 15.4 Å². The highest BCUT2D eigenvalue weighted by atomic mass is 16.5. The van der Waals surface area contributed by atoms with Crippen LogP contribution < -0.4 is 5.73 Å². The molecule has 1 aromatic carbocycles. The molecular weight excluding hydrogens is 240 g/mol. The van der Waals surface area contributed by atoms with Crippen LogP contribution in [0.25, 0.3) is 0 Å². The average Bonchev–Trinajstić information content (AvgIpc) is 2.48. The fourth-order valence-electron chi connectivity index (χ4n) is 2.33. The lowest BCUT2D eigenvalue weighted by Crippen LogP contribution is -2.46.